The molecule has 0 atom stereocenters. The van der Waals surface area contributed by atoms with Crippen LogP contribution in [-0.4, -0.2) is 15.9 Å². The summed E-state index contributed by atoms with van der Waals surface area (Å²) in [6.07, 6.45) is 0. The number of nitro groups is 1. The Morgan fingerprint density at radius 3 is 2.65 bits per heavy atom. The second-order valence-corrected chi connectivity index (χ2v) is 4.99. The molecule has 0 spiro atoms. The van der Waals surface area contributed by atoms with E-state index in [2.05, 4.69) is 4.98 Å². The number of hydrogen-bond acceptors (Lipinski definition) is 5. The highest BCUT2D eigenvalue weighted by Gasteiger charge is 2.14. The lowest BCUT2D eigenvalue weighted by Crippen LogP contribution is -2.11. The maximum Gasteiger partial charge on any atom is 0.362 e. The first-order valence-electron chi connectivity index (χ1n) is 6.87. The van der Waals surface area contributed by atoms with Gasteiger partial charge in [-0.3, -0.25) is 10.1 Å². The van der Waals surface area contributed by atoms with Crippen molar-refractivity contribution in [3.05, 3.63) is 76.0 Å². The zero-order valence-electron chi connectivity index (χ0n) is 12.2. The number of carbonyl (C=O) groups excluding carboxylic acids is 1. The van der Waals surface area contributed by atoms with Crippen molar-refractivity contribution in [2.75, 3.05) is 0 Å². The van der Waals surface area contributed by atoms with Gasteiger partial charge < -0.3 is 4.74 Å². The van der Waals surface area contributed by atoms with Gasteiger partial charge in [-0.15, -0.1) is 0 Å². The summed E-state index contributed by atoms with van der Waals surface area (Å²) in [5.41, 5.74) is 1.34. The molecule has 0 N–H and O–H groups in total. The molecule has 0 aliphatic carbocycles. The van der Waals surface area contributed by atoms with E-state index in [-0.39, 0.29) is 17.1 Å². The SMILES string of the molecule is Cc1cc([N+](=O)[O-])ccc1OC(=O)c1ccc2ccccc2n1. The number of nitrogens with zero attached hydrogens (tertiary/aromatic N) is 2. The van der Waals surface area contributed by atoms with Crippen LogP contribution in [0.5, 0.6) is 5.75 Å². The number of rotatable bonds is 3. The third-order valence-corrected chi connectivity index (χ3v) is 3.38. The van der Waals surface area contributed by atoms with Gasteiger partial charge in [0.15, 0.2) is 0 Å². The van der Waals surface area contributed by atoms with Gasteiger partial charge in [0.1, 0.15) is 11.4 Å². The fourth-order valence-electron chi connectivity index (χ4n) is 2.19. The first-order valence-corrected chi connectivity index (χ1v) is 6.87. The maximum atomic E-state index is 12.2. The average Bonchev–Trinajstić information content (AvgIpc) is 2.56. The molecule has 0 amide bonds. The molecule has 3 aromatic rings. The Morgan fingerprint density at radius 1 is 1.13 bits per heavy atom. The first-order chi connectivity index (χ1) is 11.0. The number of fused-ring (bicyclic) bond motifs is 1. The summed E-state index contributed by atoms with van der Waals surface area (Å²) >= 11 is 0. The number of nitro benzene ring substituents is 1. The summed E-state index contributed by atoms with van der Waals surface area (Å²) in [4.78, 5) is 26.7. The Kier molecular flexibility index (Phi) is 3.72. The molecule has 0 radical (unpaired) electrons. The van der Waals surface area contributed by atoms with Crippen molar-refractivity contribution in [1.82, 2.24) is 4.98 Å². The molecule has 23 heavy (non-hydrogen) atoms. The predicted molar refractivity (Wildman–Crippen MR) is 84.5 cm³/mol. The highest BCUT2D eigenvalue weighted by molar-refractivity contribution is 5.92. The number of esters is 1. The standard InChI is InChI=1S/C17H12N2O4/c1-11-10-13(19(21)22)7-9-16(11)23-17(20)15-8-6-12-4-2-3-5-14(12)18-15/h2-10H,1H3. The maximum absolute atomic E-state index is 12.2. The highest BCUT2D eigenvalue weighted by atomic mass is 16.6. The van der Waals surface area contributed by atoms with Crippen LogP contribution >= 0.6 is 0 Å². The van der Waals surface area contributed by atoms with Crippen LogP contribution in [0.4, 0.5) is 5.69 Å². The highest BCUT2D eigenvalue weighted by Crippen LogP contribution is 2.24. The van der Waals surface area contributed by atoms with Gasteiger partial charge in [-0.25, -0.2) is 9.78 Å². The number of ether oxygens (including phenoxy) is 1. The minimum atomic E-state index is -0.604. The number of non-ortho nitro benzene ring substituents is 1. The number of para-hydroxylation sites is 1. The summed E-state index contributed by atoms with van der Waals surface area (Å²) in [6.45, 7) is 1.64. The summed E-state index contributed by atoms with van der Waals surface area (Å²) < 4.78 is 5.29. The molecule has 6 heteroatoms. The van der Waals surface area contributed by atoms with Crippen molar-refractivity contribution in [1.29, 1.82) is 0 Å². The number of aromatic nitrogens is 1. The minimum Gasteiger partial charge on any atom is -0.422 e. The lowest BCUT2D eigenvalue weighted by atomic mass is 10.2. The third kappa shape index (κ3) is 3.01. The molecular formula is C17H12N2O4. The molecule has 0 unspecified atom stereocenters. The molecule has 0 saturated heterocycles. The molecule has 3 rings (SSSR count). The smallest absolute Gasteiger partial charge is 0.362 e. The quantitative estimate of drug-likeness (QED) is 0.319. The third-order valence-electron chi connectivity index (χ3n) is 3.38. The van der Waals surface area contributed by atoms with E-state index in [1.807, 2.05) is 24.3 Å². The van der Waals surface area contributed by atoms with Gasteiger partial charge in [0, 0.05) is 17.5 Å². The van der Waals surface area contributed by atoms with E-state index in [4.69, 9.17) is 4.74 Å². The molecule has 0 fully saturated rings. The van der Waals surface area contributed by atoms with Gasteiger partial charge in [0.25, 0.3) is 5.69 Å². The Balaban J connectivity index is 1.87. The second-order valence-electron chi connectivity index (χ2n) is 4.99. The summed E-state index contributed by atoms with van der Waals surface area (Å²) in [5, 5.41) is 11.6. The Morgan fingerprint density at radius 2 is 1.91 bits per heavy atom. The van der Waals surface area contributed by atoms with E-state index in [9.17, 15) is 14.9 Å². The van der Waals surface area contributed by atoms with E-state index < -0.39 is 10.9 Å². The second kappa shape index (κ2) is 5.84. The van der Waals surface area contributed by atoms with Gasteiger partial charge >= 0.3 is 5.97 Å². The molecule has 1 heterocycles. The number of benzene rings is 2. The van der Waals surface area contributed by atoms with Gasteiger partial charge in [0.2, 0.25) is 0 Å². The Labute approximate surface area is 131 Å². The van der Waals surface area contributed by atoms with Crippen LogP contribution in [0.25, 0.3) is 10.9 Å². The molecular weight excluding hydrogens is 296 g/mol. The topological polar surface area (TPSA) is 82.3 Å². The van der Waals surface area contributed by atoms with Crippen molar-refractivity contribution in [3.63, 3.8) is 0 Å². The molecule has 0 aliphatic rings. The van der Waals surface area contributed by atoms with E-state index in [1.54, 1.807) is 19.1 Å². The summed E-state index contributed by atoms with van der Waals surface area (Å²) in [7, 11) is 0. The monoisotopic (exact) mass is 308 g/mol. The predicted octanol–water partition coefficient (Wildman–Crippen LogP) is 3.67. The van der Waals surface area contributed by atoms with Crippen LogP contribution in [0.1, 0.15) is 16.1 Å². The Bertz CT molecular complexity index is 921. The Hall–Kier alpha value is -3.28. The molecule has 6 nitrogen and oxygen atoms in total. The fourth-order valence-corrected chi connectivity index (χ4v) is 2.19. The molecule has 2 aromatic carbocycles. The normalized spacial score (nSPS) is 10.5. The molecule has 0 saturated carbocycles. The zero-order valence-corrected chi connectivity index (χ0v) is 12.2. The van der Waals surface area contributed by atoms with Crippen molar-refractivity contribution in [2.45, 2.75) is 6.92 Å². The van der Waals surface area contributed by atoms with Crippen LogP contribution in [0.15, 0.2) is 54.6 Å². The average molecular weight is 308 g/mol. The zero-order chi connectivity index (χ0) is 16.4. The molecule has 0 aliphatic heterocycles. The fraction of sp³-hybridized carbons (Fsp3) is 0.0588. The molecule has 0 bridgehead atoms. The van der Waals surface area contributed by atoms with Crippen molar-refractivity contribution >= 4 is 22.6 Å². The largest absolute Gasteiger partial charge is 0.422 e. The number of pyridine rings is 1. The van der Waals surface area contributed by atoms with Gasteiger partial charge in [0.05, 0.1) is 10.4 Å². The summed E-state index contributed by atoms with van der Waals surface area (Å²) in [6, 6.07) is 14.9. The van der Waals surface area contributed by atoms with Crippen LogP contribution < -0.4 is 4.74 Å². The van der Waals surface area contributed by atoms with Crippen LogP contribution in [0.3, 0.4) is 0 Å². The van der Waals surface area contributed by atoms with Crippen LogP contribution in [0.2, 0.25) is 0 Å². The van der Waals surface area contributed by atoms with Gasteiger partial charge in [-0.05, 0) is 30.7 Å². The van der Waals surface area contributed by atoms with E-state index >= 15 is 0 Å². The van der Waals surface area contributed by atoms with E-state index in [0.29, 0.717) is 11.1 Å². The minimum absolute atomic E-state index is 0.0499. The number of carbonyl (C=O) groups is 1. The van der Waals surface area contributed by atoms with Crippen molar-refractivity contribution < 1.29 is 14.5 Å². The van der Waals surface area contributed by atoms with Crippen LogP contribution in [0, 0.1) is 17.0 Å². The molecule has 1 aromatic heterocycles. The van der Waals surface area contributed by atoms with Crippen molar-refractivity contribution in [3.8, 4) is 5.75 Å². The number of aryl methyl sites for hydroxylation is 1. The van der Waals surface area contributed by atoms with Crippen LogP contribution in [-0.2, 0) is 0 Å². The summed E-state index contributed by atoms with van der Waals surface area (Å²) in [5.74, 6) is -0.330. The first kappa shape index (κ1) is 14.6. The van der Waals surface area contributed by atoms with Crippen molar-refractivity contribution in [2.24, 2.45) is 0 Å². The van der Waals surface area contributed by atoms with Gasteiger partial charge in [-0.1, -0.05) is 24.3 Å². The lowest BCUT2D eigenvalue weighted by molar-refractivity contribution is -0.384. The van der Waals surface area contributed by atoms with E-state index in [0.717, 1.165) is 5.39 Å². The number of hydrogen-bond donors (Lipinski definition) is 0. The van der Waals surface area contributed by atoms with E-state index in [1.165, 1.54) is 18.2 Å². The van der Waals surface area contributed by atoms with Gasteiger partial charge in [-0.2, -0.15) is 0 Å². The molecule has 114 valence electrons. The lowest BCUT2D eigenvalue weighted by Gasteiger charge is -2.07.